The van der Waals surface area contributed by atoms with Gasteiger partial charge in [-0.15, -0.1) is 0 Å². The van der Waals surface area contributed by atoms with E-state index in [9.17, 15) is 19.8 Å². The molecule has 22 heavy (non-hydrogen) atoms. The zero-order valence-electron chi connectivity index (χ0n) is 13.4. The molecule has 2 atom stereocenters. The number of aliphatic carboxylic acids is 2. The molecule has 0 spiro atoms. The Morgan fingerprint density at radius 3 is 2.05 bits per heavy atom. The van der Waals surface area contributed by atoms with Crippen LogP contribution in [-0.2, 0) is 16.0 Å². The van der Waals surface area contributed by atoms with Gasteiger partial charge < -0.3 is 10.2 Å². The summed E-state index contributed by atoms with van der Waals surface area (Å²) >= 11 is 0. The lowest BCUT2D eigenvalue weighted by atomic mass is 9.98. The predicted molar refractivity (Wildman–Crippen MR) is 84.8 cm³/mol. The van der Waals surface area contributed by atoms with E-state index in [1.807, 2.05) is 44.2 Å². The molecule has 122 valence electrons. The zero-order chi connectivity index (χ0) is 16.7. The second kappa shape index (κ2) is 8.54. The largest absolute Gasteiger partial charge is 0.480 e. The van der Waals surface area contributed by atoms with Gasteiger partial charge in [0.15, 0.2) is 0 Å². The van der Waals surface area contributed by atoms with E-state index >= 15 is 0 Å². The third-order valence-corrected chi connectivity index (χ3v) is 3.80. The number of carbonyl (C=O) groups is 2. The quantitative estimate of drug-likeness (QED) is 0.733. The van der Waals surface area contributed by atoms with Crippen molar-refractivity contribution in [2.45, 2.75) is 45.2 Å². The van der Waals surface area contributed by atoms with Gasteiger partial charge in [-0.3, -0.25) is 14.5 Å². The number of nitrogens with zero attached hydrogens (tertiary/aromatic N) is 1. The third kappa shape index (κ3) is 5.48. The van der Waals surface area contributed by atoms with Crippen LogP contribution in [0.5, 0.6) is 0 Å². The molecule has 2 N–H and O–H groups in total. The highest BCUT2D eigenvalue weighted by atomic mass is 16.4. The summed E-state index contributed by atoms with van der Waals surface area (Å²) in [6.45, 7) is 3.87. The summed E-state index contributed by atoms with van der Waals surface area (Å²) in [5.41, 5.74) is 1.05. The molecule has 0 heterocycles. The van der Waals surface area contributed by atoms with Gasteiger partial charge in [0.2, 0.25) is 0 Å². The molecule has 1 rings (SSSR count). The van der Waals surface area contributed by atoms with Gasteiger partial charge in [-0.05, 0) is 37.8 Å². The number of hydrogen-bond acceptors (Lipinski definition) is 3. The van der Waals surface area contributed by atoms with Gasteiger partial charge in [-0.25, -0.2) is 0 Å². The van der Waals surface area contributed by atoms with Crippen molar-refractivity contribution in [1.29, 1.82) is 0 Å². The van der Waals surface area contributed by atoms with Crippen LogP contribution in [0.4, 0.5) is 0 Å². The molecular formula is C17H25NO4. The van der Waals surface area contributed by atoms with E-state index in [0.717, 1.165) is 5.56 Å². The maximum Gasteiger partial charge on any atom is 0.320 e. The Morgan fingerprint density at radius 1 is 1.05 bits per heavy atom. The summed E-state index contributed by atoms with van der Waals surface area (Å²) in [5.74, 6) is -1.76. The van der Waals surface area contributed by atoms with E-state index in [0.29, 0.717) is 19.3 Å². The van der Waals surface area contributed by atoms with E-state index in [4.69, 9.17) is 0 Å². The third-order valence-electron chi connectivity index (χ3n) is 3.80. The van der Waals surface area contributed by atoms with E-state index in [2.05, 4.69) is 0 Å². The van der Waals surface area contributed by atoms with Gasteiger partial charge in [0.1, 0.15) is 12.1 Å². The maximum absolute atomic E-state index is 11.5. The van der Waals surface area contributed by atoms with Crippen LogP contribution in [0.25, 0.3) is 0 Å². The fraction of sp³-hybridized carbons (Fsp3) is 0.529. The summed E-state index contributed by atoms with van der Waals surface area (Å²) in [5, 5.41) is 18.8. The fourth-order valence-electron chi connectivity index (χ4n) is 2.55. The van der Waals surface area contributed by atoms with Crippen LogP contribution in [0.1, 0.15) is 32.3 Å². The van der Waals surface area contributed by atoms with E-state index in [1.165, 1.54) is 4.90 Å². The molecule has 1 aromatic carbocycles. The molecule has 0 radical (unpaired) electrons. The minimum atomic E-state index is -0.978. The van der Waals surface area contributed by atoms with Gasteiger partial charge in [0, 0.05) is 0 Å². The molecule has 5 nitrogen and oxygen atoms in total. The van der Waals surface area contributed by atoms with Gasteiger partial charge in [0.25, 0.3) is 0 Å². The van der Waals surface area contributed by atoms with Gasteiger partial charge in [-0.2, -0.15) is 0 Å². The van der Waals surface area contributed by atoms with Crippen molar-refractivity contribution in [3.05, 3.63) is 35.9 Å². The van der Waals surface area contributed by atoms with E-state index in [1.54, 1.807) is 7.05 Å². The Balaban J connectivity index is 2.79. The molecule has 0 fully saturated rings. The summed E-state index contributed by atoms with van der Waals surface area (Å²) in [4.78, 5) is 24.5. The number of rotatable bonds is 9. The topological polar surface area (TPSA) is 77.8 Å². The first-order chi connectivity index (χ1) is 10.3. The summed E-state index contributed by atoms with van der Waals surface area (Å²) < 4.78 is 0. The fourth-order valence-corrected chi connectivity index (χ4v) is 2.55. The molecule has 0 saturated carbocycles. The molecule has 0 saturated heterocycles. The van der Waals surface area contributed by atoms with Crippen LogP contribution in [0, 0.1) is 5.92 Å². The van der Waals surface area contributed by atoms with Crippen molar-refractivity contribution in [2.75, 3.05) is 7.05 Å². The van der Waals surface area contributed by atoms with Crippen molar-refractivity contribution in [3.8, 4) is 0 Å². The van der Waals surface area contributed by atoms with Crippen molar-refractivity contribution in [1.82, 2.24) is 4.90 Å². The van der Waals surface area contributed by atoms with Crippen molar-refractivity contribution in [2.24, 2.45) is 5.92 Å². The number of carboxylic acids is 2. The molecule has 0 bridgehead atoms. The predicted octanol–water partition coefficient (Wildman–Crippen LogP) is 2.50. The average Bonchev–Trinajstić information content (AvgIpc) is 2.45. The van der Waals surface area contributed by atoms with Crippen molar-refractivity contribution < 1.29 is 19.8 Å². The van der Waals surface area contributed by atoms with E-state index < -0.39 is 24.0 Å². The lowest BCUT2D eigenvalue weighted by Crippen LogP contribution is -2.49. The Kier molecular flexibility index (Phi) is 7.05. The number of carboxylic acid groups (broad SMARTS) is 2. The minimum absolute atomic E-state index is 0.187. The molecule has 5 heteroatoms. The maximum atomic E-state index is 11.5. The van der Waals surface area contributed by atoms with Crippen LogP contribution >= 0.6 is 0 Å². The molecule has 0 aliphatic heterocycles. The second-order valence-corrected chi connectivity index (χ2v) is 6.03. The highest BCUT2D eigenvalue weighted by Crippen LogP contribution is 2.17. The monoisotopic (exact) mass is 307 g/mol. The number of aryl methyl sites for hydroxylation is 1. The summed E-state index contributed by atoms with van der Waals surface area (Å²) in [6.07, 6.45) is 1.43. The lowest BCUT2D eigenvalue weighted by molar-refractivity contribution is -0.150. The Hall–Kier alpha value is -1.88. The first-order valence-corrected chi connectivity index (χ1v) is 7.54. The molecule has 0 amide bonds. The molecule has 0 aromatic heterocycles. The van der Waals surface area contributed by atoms with Crippen LogP contribution in [0.3, 0.4) is 0 Å². The van der Waals surface area contributed by atoms with E-state index in [-0.39, 0.29) is 5.92 Å². The summed E-state index contributed by atoms with van der Waals surface area (Å²) in [6, 6.07) is 8.04. The normalized spacial score (nSPS) is 14.0. The number of hydrogen-bond donors (Lipinski definition) is 2. The molecule has 0 aliphatic carbocycles. The minimum Gasteiger partial charge on any atom is -0.480 e. The average molecular weight is 307 g/mol. The Bertz CT molecular complexity index is 487. The number of likely N-dealkylation sites (N-methyl/N-ethyl adjacent to an activating group) is 1. The molecular weight excluding hydrogens is 282 g/mol. The highest BCUT2D eigenvalue weighted by molar-refractivity contribution is 5.77. The molecule has 1 aromatic rings. The van der Waals surface area contributed by atoms with Crippen LogP contribution in [0.2, 0.25) is 0 Å². The highest BCUT2D eigenvalue weighted by Gasteiger charge is 2.32. The Morgan fingerprint density at radius 2 is 1.59 bits per heavy atom. The standard InChI is InChI=1S/C17H25NO4/c1-12(2)11-15(17(21)22)18(3)14(16(19)20)10-9-13-7-5-4-6-8-13/h4-8,12,14-15H,9-11H2,1-3H3,(H,19,20)(H,21,22)/t14?,15-/m0/s1. The first-order valence-electron chi connectivity index (χ1n) is 7.54. The van der Waals surface area contributed by atoms with Crippen LogP contribution in [-0.4, -0.2) is 46.2 Å². The first kappa shape index (κ1) is 18.2. The van der Waals surface area contributed by atoms with Gasteiger partial charge >= 0.3 is 11.9 Å². The molecule has 1 unspecified atom stereocenters. The number of benzene rings is 1. The second-order valence-electron chi connectivity index (χ2n) is 6.03. The zero-order valence-corrected chi connectivity index (χ0v) is 13.4. The van der Waals surface area contributed by atoms with Crippen LogP contribution in [0.15, 0.2) is 30.3 Å². The van der Waals surface area contributed by atoms with Gasteiger partial charge in [-0.1, -0.05) is 44.2 Å². The SMILES string of the molecule is CC(C)C[C@@H](C(=O)O)N(C)C(CCc1ccccc1)C(=O)O. The molecule has 0 aliphatic rings. The van der Waals surface area contributed by atoms with Crippen molar-refractivity contribution >= 4 is 11.9 Å². The lowest BCUT2D eigenvalue weighted by Gasteiger charge is -2.31. The van der Waals surface area contributed by atoms with Crippen LogP contribution < -0.4 is 0 Å². The smallest absolute Gasteiger partial charge is 0.320 e. The Labute approximate surface area is 131 Å². The van der Waals surface area contributed by atoms with Gasteiger partial charge in [0.05, 0.1) is 0 Å². The van der Waals surface area contributed by atoms with Crippen molar-refractivity contribution in [3.63, 3.8) is 0 Å². The summed E-state index contributed by atoms with van der Waals surface area (Å²) in [7, 11) is 1.59.